The number of hydrogen-bond acceptors (Lipinski definition) is 5. The van der Waals surface area contributed by atoms with Gasteiger partial charge in [-0.1, -0.05) is 12.1 Å². The number of ether oxygens (including phenoxy) is 1. The van der Waals surface area contributed by atoms with Crippen LogP contribution in [0.1, 0.15) is 59.6 Å². The van der Waals surface area contributed by atoms with Crippen molar-refractivity contribution in [2.45, 2.75) is 44.2 Å². The molecule has 9 heteroatoms. The van der Waals surface area contributed by atoms with Crippen LogP contribution in [0.3, 0.4) is 0 Å². The molecule has 33 heavy (non-hydrogen) atoms. The van der Waals surface area contributed by atoms with Crippen molar-refractivity contribution in [2.24, 2.45) is 0 Å². The Kier molecular flexibility index (Phi) is 8.45. The molecular weight excluding hydrogens is 445 g/mol. The highest BCUT2D eigenvalue weighted by Gasteiger charge is 2.27. The molecule has 3 rings (SSSR count). The van der Waals surface area contributed by atoms with Gasteiger partial charge in [0, 0.05) is 36.8 Å². The summed E-state index contributed by atoms with van der Waals surface area (Å²) in [6.07, 6.45) is 4.12. The van der Waals surface area contributed by atoms with Crippen molar-refractivity contribution in [3.05, 3.63) is 65.0 Å². The highest BCUT2D eigenvalue weighted by Crippen LogP contribution is 2.35. The van der Waals surface area contributed by atoms with Gasteiger partial charge in [-0.3, -0.25) is 4.79 Å². The Morgan fingerprint density at radius 1 is 1.15 bits per heavy atom. The lowest BCUT2D eigenvalue weighted by Gasteiger charge is -2.21. The minimum atomic E-state index is -3.26. The molecule has 0 bridgehead atoms. The number of benzene rings is 2. The highest BCUT2D eigenvalue weighted by atomic mass is 32.2. The van der Waals surface area contributed by atoms with Crippen LogP contribution in [-0.4, -0.2) is 46.8 Å². The van der Waals surface area contributed by atoms with E-state index in [0.29, 0.717) is 23.3 Å². The Morgan fingerprint density at radius 3 is 2.55 bits per heavy atom. The molecule has 1 fully saturated rings. The Balaban J connectivity index is 1.50. The lowest BCUT2D eigenvalue weighted by molar-refractivity contribution is 0.0954. The molecule has 0 saturated heterocycles. The molecule has 1 saturated carbocycles. The quantitative estimate of drug-likeness (QED) is 0.457. The van der Waals surface area contributed by atoms with Gasteiger partial charge >= 0.3 is 0 Å². The van der Waals surface area contributed by atoms with E-state index < -0.39 is 10.0 Å². The number of sulfonamides is 1. The maximum Gasteiger partial charge on any atom is 0.251 e. The molecule has 7 nitrogen and oxygen atoms in total. The summed E-state index contributed by atoms with van der Waals surface area (Å²) in [5.41, 5.74) is 2.59. The SMILES string of the molecule is COc1cc(F)cc([C@@H](C)N[C@H]2CCC(c3ccc(C(=O)NCCNS(C)(=O)=O)cc3)C2)c1. The van der Waals surface area contributed by atoms with E-state index in [0.717, 1.165) is 31.1 Å². The minimum Gasteiger partial charge on any atom is -0.497 e. The van der Waals surface area contributed by atoms with Crippen molar-refractivity contribution in [1.29, 1.82) is 0 Å². The molecule has 2 aromatic carbocycles. The fourth-order valence-corrected chi connectivity index (χ4v) is 4.73. The summed E-state index contributed by atoms with van der Waals surface area (Å²) in [5, 5.41) is 6.31. The molecule has 1 aliphatic carbocycles. The summed E-state index contributed by atoms with van der Waals surface area (Å²) in [7, 11) is -1.73. The highest BCUT2D eigenvalue weighted by molar-refractivity contribution is 7.88. The van der Waals surface area contributed by atoms with E-state index in [2.05, 4.69) is 15.4 Å². The molecule has 1 amide bonds. The smallest absolute Gasteiger partial charge is 0.251 e. The molecule has 0 aliphatic heterocycles. The maximum absolute atomic E-state index is 13.8. The third kappa shape index (κ3) is 7.52. The van der Waals surface area contributed by atoms with Crippen LogP contribution in [0.2, 0.25) is 0 Å². The van der Waals surface area contributed by atoms with E-state index in [1.54, 1.807) is 12.1 Å². The summed E-state index contributed by atoms with van der Waals surface area (Å²) in [4.78, 5) is 12.2. The lowest BCUT2D eigenvalue weighted by atomic mass is 9.96. The predicted octanol–water partition coefficient (Wildman–Crippen LogP) is 3.10. The second-order valence-corrected chi connectivity index (χ2v) is 10.4. The van der Waals surface area contributed by atoms with Gasteiger partial charge in [-0.25, -0.2) is 17.5 Å². The zero-order valence-corrected chi connectivity index (χ0v) is 20.0. The van der Waals surface area contributed by atoms with Crippen LogP contribution >= 0.6 is 0 Å². The summed E-state index contributed by atoms with van der Waals surface area (Å²) in [6.45, 7) is 2.40. The number of halogens is 1. The summed E-state index contributed by atoms with van der Waals surface area (Å²) < 4.78 is 43.5. The first-order valence-electron chi connectivity index (χ1n) is 11.1. The van der Waals surface area contributed by atoms with Crippen molar-refractivity contribution < 1.29 is 22.3 Å². The molecule has 2 aromatic rings. The first-order chi connectivity index (χ1) is 15.6. The first-order valence-corrected chi connectivity index (χ1v) is 13.0. The van der Waals surface area contributed by atoms with Gasteiger partial charge in [0.1, 0.15) is 11.6 Å². The van der Waals surface area contributed by atoms with Gasteiger partial charge in [0.05, 0.1) is 13.4 Å². The number of carbonyl (C=O) groups excluding carboxylic acids is 1. The van der Waals surface area contributed by atoms with Crippen LogP contribution in [0.15, 0.2) is 42.5 Å². The van der Waals surface area contributed by atoms with E-state index in [4.69, 9.17) is 4.74 Å². The van der Waals surface area contributed by atoms with Gasteiger partial charge in [-0.2, -0.15) is 0 Å². The zero-order valence-electron chi connectivity index (χ0n) is 19.2. The molecule has 180 valence electrons. The lowest BCUT2D eigenvalue weighted by Crippen LogP contribution is -2.34. The molecule has 0 radical (unpaired) electrons. The zero-order chi connectivity index (χ0) is 24.0. The molecule has 0 aromatic heterocycles. The number of carbonyl (C=O) groups is 1. The summed E-state index contributed by atoms with van der Waals surface area (Å²) >= 11 is 0. The number of nitrogens with one attached hydrogen (secondary N) is 3. The Labute approximate surface area is 195 Å². The number of rotatable bonds is 10. The van der Waals surface area contributed by atoms with E-state index in [9.17, 15) is 17.6 Å². The number of amides is 1. The van der Waals surface area contributed by atoms with E-state index in [-0.39, 0.29) is 30.9 Å². The predicted molar refractivity (Wildman–Crippen MR) is 127 cm³/mol. The average molecular weight is 478 g/mol. The van der Waals surface area contributed by atoms with Crippen molar-refractivity contribution in [1.82, 2.24) is 15.4 Å². The van der Waals surface area contributed by atoms with Crippen molar-refractivity contribution >= 4 is 15.9 Å². The molecule has 3 atom stereocenters. The Morgan fingerprint density at radius 2 is 1.88 bits per heavy atom. The van der Waals surface area contributed by atoms with Crippen LogP contribution in [-0.2, 0) is 10.0 Å². The van der Waals surface area contributed by atoms with Crippen LogP contribution < -0.4 is 20.1 Å². The Hall–Kier alpha value is -2.49. The summed E-state index contributed by atoms with van der Waals surface area (Å²) in [6, 6.07) is 12.7. The number of methoxy groups -OCH3 is 1. The third-order valence-electron chi connectivity index (χ3n) is 5.97. The average Bonchev–Trinajstić information content (AvgIpc) is 3.24. The van der Waals surface area contributed by atoms with Gasteiger partial charge in [-0.05, 0) is 67.5 Å². The fraction of sp³-hybridized carbons (Fsp3) is 0.458. The second-order valence-electron chi connectivity index (χ2n) is 8.56. The monoisotopic (exact) mass is 477 g/mol. The molecule has 1 aliphatic rings. The van der Waals surface area contributed by atoms with Gasteiger partial charge in [0.2, 0.25) is 10.0 Å². The summed E-state index contributed by atoms with van der Waals surface area (Å²) in [5.74, 6) is 0.367. The molecule has 1 unspecified atom stereocenters. The van der Waals surface area contributed by atoms with E-state index in [1.165, 1.54) is 24.8 Å². The van der Waals surface area contributed by atoms with Gasteiger partial charge in [-0.15, -0.1) is 0 Å². The fourth-order valence-electron chi connectivity index (χ4n) is 4.26. The minimum absolute atomic E-state index is 0.00149. The van der Waals surface area contributed by atoms with Gasteiger partial charge in [0.15, 0.2) is 0 Å². The van der Waals surface area contributed by atoms with Crippen molar-refractivity contribution in [3.63, 3.8) is 0 Å². The van der Waals surface area contributed by atoms with Crippen LogP contribution in [0.25, 0.3) is 0 Å². The normalized spacial score (nSPS) is 19.3. The van der Waals surface area contributed by atoms with Crippen LogP contribution in [0, 0.1) is 5.82 Å². The van der Waals surface area contributed by atoms with Gasteiger partial charge < -0.3 is 15.4 Å². The standard InChI is InChI=1S/C24H32FN3O4S/c1-16(20-12-21(25)15-23(14-20)32-2)28-22-9-8-19(13-22)17-4-6-18(7-5-17)24(29)26-10-11-27-33(3,30)31/h4-7,12,14-16,19,22,27-28H,8-11,13H2,1-3H3,(H,26,29)/t16-,19?,22+/m1/s1. The second kappa shape index (κ2) is 11.1. The topological polar surface area (TPSA) is 96.5 Å². The van der Waals surface area contributed by atoms with Crippen LogP contribution in [0.4, 0.5) is 4.39 Å². The molecule has 0 spiro atoms. The largest absolute Gasteiger partial charge is 0.497 e. The van der Waals surface area contributed by atoms with Crippen molar-refractivity contribution in [3.8, 4) is 5.75 Å². The van der Waals surface area contributed by atoms with Crippen LogP contribution in [0.5, 0.6) is 5.75 Å². The van der Waals surface area contributed by atoms with E-state index in [1.807, 2.05) is 25.1 Å². The Bertz CT molecular complexity index is 1060. The van der Waals surface area contributed by atoms with E-state index >= 15 is 0 Å². The molecular formula is C24H32FN3O4S. The first kappa shape index (κ1) is 25.1. The third-order valence-corrected chi connectivity index (χ3v) is 6.70. The number of hydrogen-bond donors (Lipinski definition) is 3. The van der Waals surface area contributed by atoms with Crippen molar-refractivity contribution in [2.75, 3.05) is 26.5 Å². The van der Waals surface area contributed by atoms with Gasteiger partial charge in [0.25, 0.3) is 5.91 Å². The molecule has 0 heterocycles. The maximum atomic E-state index is 13.8. The molecule has 3 N–H and O–H groups in total.